The van der Waals surface area contributed by atoms with E-state index in [0.717, 1.165) is 12.3 Å². The number of sulfonamides is 1. The Bertz CT molecular complexity index is 854. The normalized spacial score (nSPS) is 19.2. The molecule has 26 heavy (non-hydrogen) atoms. The van der Waals surface area contributed by atoms with Crippen LogP contribution in [-0.2, 0) is 23.2 Å². The molecule has 0 bridgehead atoms. The number of hydrogen-bond donors (Lipinski definition) is 1. The van der Waals surface area contributed by atoms with Gasteiger partial charge >= 0.3 is 6.18 Å². The summed E-state index contributed by atoms with van der Waals surface area (Å²) in [4.78, 5) is 7.17. The van der Waals surface area contributed by atoms with Crippen LogP contribution in [0.5, 0.6) is 0 Å². The third kappa shape index (κ3) is 3.85. The predicted molar refractivity (Wildman–Crippen MR) is 89.2 cm³/mol. The summed E-state index contributed by atoms with van der Waals surface area (Å²) in [6.07, 6.45) is -0.606. The minimum absolute atomic E-state index is 0. The van der Waals surface area contributed by atoms with Gasteiger partial charge in [-0.05, 0) is 12.1 Å². The minimum atomic E-state index is -4.62. The highest BCUT2D eigenvalue weighted by Gasteiger charge is 2.37. The van der Waals surface area contributed by atoms with Crippen molar-refractivity contribution >= 4 is 22.4 Å². The lowest BCUT2D eigenvalue weighted by Crippen LogP contribution is -2.49. The fourth-order valence-corrected chi connectivity index (χ4v) is 4.26. The van der Waals surface area contributed by atoms with E-state index < -0.39 is 27.9 Å². The standard InChI is InChI=1S/C14H16F3N5O2S.ClH/c1-21-6-5-19-13(21)11-9-18-4-7-22(11)25(23,24)10-2-3-12(20-8-10)14(15,16)17;/h2-3,5-6,8,11,18H,4,7,9H2,1H3;1H. The van der Waals surface area contributed by atoms with Crippen molar-refractivity contribution in [2.45, 2.75) is 17.1 Å². The molecule has 1 aliphatic heterocycles. The van der Waals surface area contributed by atoms with Crippen molar-refractivity contribution in [3.05, 3.63) is 42.2 Å². The maximum Gasteiger partial charge on any atom is 0.433 e. The zero-order valence-corrected chi connectivity index (χ0v) is 15.3. The van der Waals surface area contributed by atoms with E-state index in [1.54, 1.807) is 24.0 Å². The fraction of sp³-hybridized carbons (Fsp3) is 0.429. The van der Waals surface area contributed by atoms with Crippen LogP contribution in [-0.4, -0.2) is 46.9 Å². The quantitative estimate of drug-likeness (QED) is 0.829. The van der Waals surface area contributed by atoms with Gasteiger partial charge in [0.2, 0.25) is 10.0 Å². The lowest BCUT2D eigenvalue weighted by molar-refractivity contribution is -0.141. The van der Waals surface area contributed by atoms with Gasteiger partial charge in [-0.15, -0.1) is 12.4 Å². The smallest absolute Gasteiger partial charge is 0.337 e. The summed E-state index contributed by atoms with van der Waals surface area (Å²) in [5.74, 6) is 0.552. The molecule has 3 rings (SSSR count). The molecular weight excluding hydrogens is 395 g/mol. The Morgan fingerprint density at radius 2 is 2.00 bits per heavy atom. The van der Waals surface area contributed by atoms with Crippen molar-refractivity contribution in [1.82, 2.24) is 24.2 Å². The summed E-state index contributed by atoms with van der Waals surface area (Å²) < 4.78 is 66.6. The number of alkyl halides is 3. The largest absolute Gasteiger partial charge is 0.433 e. The molecule has 3 heterocycles. The van der Waals surface area contributed by atoms with Gasteiger partial charge in [-0.25, -0.2) is 13.4 Å². The highest BCUT2D eigenvalue weighted by atomic mass is 35.5. The lowest BCUT2D eigenvalue weighted by atomic mass is 10.2. The Labute approximate surface area is 154 Å². The van der Waals surface area contributed by atoms with Gasteiger partial charge in [-0.2, -0.15) is 17.5 Å². The van der Waals surface area contributed by atoms with Gasteiger partial charge in [0.1, 0.15) is 16.4 Å². The van der Waals surface area contributed by atoms with E-state index in [1.807, 2.05) is 0 Å². The van der Waals surface area contributed by atoms with Crippen LogP contribution in [0.1, 0.15) is 17.6 Å². The monoisotopic (exact) mass is 411 g/mol. The highest BCUT2D eigenvalue weighted by molar-refractivity contribution is 7.89. The maximum atomic E-state index is 12.9. The topological polar surface area (TPSA) is 80.1 Å². The minimum Gasteiger partial charge on any atom is -0.337 e. The number of nitrogens with one attached hydrogen (secondary N) is 1. The molecule has 0 aromatic carbocycles. The Balaban J connectivity index is 0.00000243. The van der Waals surface area contributed by atoms with Gasteiger partial charge in [-0.1, -0.05) is 0 Å². The third-order valence-electron chi connectivity index (χ3n) is 3.98. The lowest BCUT2D eigenvalue weighted by Gasteiger charge is -2.34. The van der Waals surface area contributed by atoms with E-state index in [-0.39, 0.29) is 23.8 Å². The summed E-state index contributed by atoms with van der Waals surface area (Å²) in [5.41, 5.74) is -1.13. The van der Waals surface area contributed by atoms with E-state index in [9.17, 15) is 21.6 Å². The third-order valence-corrected chi connectivity index (χ3v) is 5.88. The first-order chi connectivity index (χ1) is 11.7. The zero-order chi connectivity index (χ0) is 18.2. The molecule has 1 saturated heterocycles. The van der Waals surface area contributed by atoms with E-state index in [1.165, 1.54) is 4.31 Å². The maximum absolute atomic E-state index is 12.9. The second-order valence-corrected chi connectivity index (χ2v) is 7.50. The van der Waals surface area contributed by atoms with Crippen molar-refractivity contribution in [1.29, 1.82) is 0 Å². The van der Waals surface area contributed by atoms with Crippen LogP contribution in [0.3, 0.4) is 0 Å². The van der Waals surface area contributed by atoms with E-state index in [4.69, 9.17) is 0 Å². The average molecular weight is 412 g/mol. The van der Waals surface area contributed by atoms with Gasteiger partial charge in [0, 0.05) is 45.3 Å². The van der Waals surface area contributed by atoms with E-state index >= 15 is 0 Å². The molecule has 1 aliphatic rings. The van der Waals surface area contributed by atoms with Gasteiger partial charge in [-0.3, -0.25) is 4.98 Å². The Kier molecular flexibility index (Phi) is 5.95. The summed E-state index contributed by atoms with van der Waals surface area (Å²) in [6.45, 7) is 0.979. The van der Waals surface area contributed by atoms with Crippen molar-refractivity contribution in [3.8, 4) is 0 Å². The molecule has 1 atom stereocenters. The predicted octanol–water partition coefficient (Wildman–Crippen LogP) is 1.59. The first-order valence-electron chi connectivity index (χ1n) is 7.44. The summed E-state index contributed by atoms with van der Waals surface area (Å²) >= 11 is 0. The number of piperazine rings is 1. The van der Waals surface area contributed by atoms with Crippen LogP contribution < -0.4 is 5.32 Å². The second-order valence-electron chi connectivity index (χ2n) is 5.61. The molecule has 2 aromatic rings. The molecule has 0 spiro atoms. The molecule has 1 fully saturated rings. The summed E-state index contributed by atoms with van der Waals surface area (Å²) in [6, 6.07) is 1.05. The molecule has 0 aliphatic carbocycles. The van der Waals surface area contributed by atoms with Gasteiger partial charge in [0.05, 0.1) is 6.04 Å². The SMILES string of the molecule is Cl.Cn1ccnc1C1CNCCN1S(=O)(=O)c1ccc(C(F)(F)F)nc1. The molecule has 0 amide bonds. The van der Waals surface area contributed by atoms with Crippen LogP contribution >= 0.6 is 12.4 Å². The molecule has 0 saturated carbocycles. The highest BCUT2D eigenvalue weighted by Crippen LogP contribution is 2.30. The Morgan fingerprint density at radius 1 is 1.27 bits per heavy atom. The molecule has 2 aromatic heterocycles. The number of halogens is 4. The number of nitrogens with zero attached hydrogens (tertiary/aromatic N) is 4. The molecule has 1 N–H and O–H groups in total. The van der Waals surface area contributed by atoms with E-state index in [2.05, 4.69) is 15.3 Å². The van der Waals surface area contributed by atoms with Crippen LogP contribution in [0.25, 0.3) is 0 Å². The van der Waals surface area contributed by atoms with Crippen molar-refractivity contribution in [3.63, 3.8) is 0 Å². The summed E-state index contributed by atoms with van der Waals surface area (Å²) in [7, 11) is -2.25. The van der Waals surface area contributed by atoms with Gasteiger partial charge < -0.3 is 9.88 Å². The fourth-order valence-electron chi connectivity index (χ4n) is 2.73. The van der Waals surface area contributed by atoms with E-state index in [0.29, 0.717) is 25.0 Å². The zero-order valence-electron chi connectivity index (χ0n) is 13.6. The molecule has 1 unspecified atom stereocenters. The van der Waals surface area contributed by atoms with Gasteiger partial charge in [0.25, 0.3) is 0 Å². The number of imidazole rings is 1. The van der Waals surface area contributed by atoms with Crippen LogP contribution in [0.2, 0.25) is 0 Å². The average Bonchev–Trinajstić information content (AvgIpc) is 3.00. The molecule has 144 valence electrons. The van der Waals surface area contributed by atoms with Gasteiger partial charge in [0.15, 0.2) is 0 Å². The van der Waals surface area contributed by atoms with Crippen LogP contribution in [0.4, 0.5) is 13.2 Å². The second kappa shape index (κ2) is 7.51. The number of aryl methyl sites for hydroxylation is 1. The molecule has 0 radical (unpaired) electrons. The number of hydrogen-bond acceptors (Lipinski definition) is 5. The first kappa shape index (κ1) is 20.6. The molecule has 12 heteroatoms. The van der Waals surface area contributed by atoms with Crippen LogP contribution in [0.15, 0.2) is 35.6 Å². The van der Waals surface area contributed by atoms with Crippen LogP contribution in [0, 0.1) is 0 Å². The van der Waals surface area contributed by atoms with Crippen molar-refractivity contribution in [2.24, 2.45) is 7.05 Å². The Morgan fingerprint density at radius 3 is 2.54 bits per heavy atom. The molecule has 7 nitrogen and oxygen atoms in total. The first-order valence-corrected chi connectivity index (χ1v) is 8.88. The summed E-state index contributed by atoms with van der Waals surface area (Å²) in [5, 5.41) is 3.11. The molecular formula is C14H17ClF3N5O2S. The van der Waals surface area contributed by atoms with Crippen molar-refractivity contribution < 1.29 is 21.6 Å². The van der Waals surface area contributed by atoms with Crippen molar-refractivity contribution in [2.75, 3.05) is 19.6 Å². The number of rotatable bonds is 3. The number of pyridine rings is 1. The Hall–Kier alpha value is -1.69. The number of aromatic nitrogens is 3.